The lowest BCUT2D eigenvalue weighted by molar-refractivity contribution is 0.0526. The predicted molar refractivity (Wildman–Crippen MR) is 127 cm³/mol. The molecule has 160 valence electrons. The highest BCUT2D eigenvalue weighted by Crippen LogP contribution is 2.23. The molecular weight excluding hydrogens is 394 g/mol. The van der Waals surface area contributed by atoms with Crippen molar-refractivity contribution < 1.29 is 9.53 Å². The molecule has 1 heterocycles. The molecule has 0 aromatic heterocycles. The van der Waals surface area contributed by atoms with E-state index in [1.807, 2.05) is 19.1 Å². The van der Waals surface area contributed by atoms with E-state index in [0.717, 1.165) is 30.3 Å². The summed E-state index contributed by atoms with van der Waals surface area (Å²) in [7, 11) is 0. The van der Waals surface area contributed by atoms with Gasteiger partial charge in [-0.3, -0.25) is 0 Å². The number of nitrogens with zero attached hydrogens (tertiary/aromatic N) is 1. The Morgan fingerprint density at radius 2 is 2.00 bits per heavy atom. The van der Waals surface area contributed by atoms with E-state index in [0.29, 0.717) is 23.8 Å². The molecule has 30 heavy (non-hydrogen) atoms. The lowest BCUT2D eigenvalue weighted by atomic mass is 9.99. The maximum absolute atomic E-state index is 11.8. The summed E-state index contributed by atoms with van der Waals surface area (Å²) in [4.78, 5) is 14.3. The highest BCUT2D eigenvalue weighted by Gasteiger charge is 2.16. The van der Waals surface area contributed by atoms with Gasteiger partial charge >= 0.3 is 5.97 Å². The predicted octanol–water partition coefficient (Wildman–Crippen LogP) is 4.89. The molecule has 1 fully saturated rings. The number of carbonyl (C=O) groups excluding carboxylic acids is 1. The first-order valence-electron chi connectivity index (χ1n) is 10.6. The Labute approximate surface area is 184 Å². The molecule has 5 nitrogen and oxygen atoms in total. The molecular formula is C24H31N3O2S. The summed E-state index contributed by atoms with van der Waals surface area (Å²) in [6.07, 6.45) is 2.60. The van der Waals surface area contributed by atoms with Gasteiger partial charge in [-0.15, -0.1) is 0 Å². The van der Waals surface area contributed by atoms with Crippen LogP contribution in [0.25, 0.3) is 0 Å². The number of nitrogens with one attached hydrogen (secondary N) is 2. The number of hydrogen-bond donors (Lipinski definition) is 2. The van der Waals surface area contributed by atoms with Crippen molar-refractivity contribution in [1.29, 1.82) is 0 Å². The Bertz CT molecular complexity index is 883. The highest BCUT2D eigenvalue weighted by atomic mass is 32.1. The normalized spacial score (nSPS) is 16.1. The van der Waals surface area contributed by atoms with E-state index in [1.165, 1.54) is 24.1 Å². The van der Waals surface area contributed by atoms with Gasteiger partial charge in [0, 0.05) is 31.0 Å². The van der Waals surface area contributed by atoms with Crippen LogP contribution in [0.2, 0.25) is 0 Å². The van der Waals surface area contributed by atoms with Crippen molar-refractivity contribution in [3.8, 4) is 0 Å². The molecule has 2 aromatic rings. The second kappa shape index (κ2) is 10.4. The average Bonchev–Trinajstić information content (AvgIpc) is 2.74. The summed E-state index contributed by atoms with van der Waals surface area (Å²) in [5.74, 6) is 0.452. The van der Waals surface area contributed by atoms with E-state index >= 15 is 0 Å². The quantitative estimate of drug-likeness (QED) is 0.507. The smallest absolute Gasteiger partial charge is 0.338 e. The average molecular weight is 426 g/mol. The number of ether oxygens (including phenoxy) is 1. The SMILES string of the molecule is CCOC(=O)c1ccc(NC(=S)NCc2ccc(N3CCC[C@@H](C)C3)cc2)c(C)c1. The van der Waals surface area contributed by atoms with Crippen LogP contribution in [0.3, 0.4) is 0 Å². The van der Waals surface area contributed by atoms with Crippen LogP contribution in [-0.4, -0.2) is 30.8 Å². The molecule has 1 aliphatic heterocycles. The van der Waals surface area contributed by atoms with Crippen LogP contribution >= 0.6 is 12.2 Å². The van der Waals surface area contributed by atoms with Crippen molar-refractivity contribution >= 4 is 34.7 Å². The van der Waals surface area contributed by atoms with Crippen LogP contribution in [-0.2, 0) is 11.3 Å². The molecule has 0 spiro atoms. The van der Waals surface area contributed by atoms with Gasteiger partial charge in [-0.25, -0.2) is 4.79 Å². The third-order valence-electron chi connectivity index (χ3n) is 5.40. The second-order valence-corrected chi connectivity index (χ2v) is 8.33. The second-order valence-electron chi connectivity index (χ2n) is 7.92. The summed E-state index contributed by atoms with van der Waals surface area (Å²) in [5, 5.41) is 7.01. The molecule has 1 atom stereocenters. The Hall–Kier alpha value is -2.60. The highest BCUT2D eigenvalue weighted by molar-refractivity contribution is 7.80. The molecule has 2 aromatic carbocycles. The fourth-order valence-corrected chi connectivity index (χ4v) is 3.92. The van der Waals surface area contributed by atoms with Crippen molar-refractivity contribution in [1.82, 2.24) is 5.32 Å². The van der Waals surface area contributed by atoms with Crippen molar-refractivity contribution in [2.45, 2.75) is 40.2 Å². The summed E-state index contributed by atoms with van der Waals surface area (Å²) >= 11 is 5.44. The van der Waals surface area contributed by atoms with Crippen LogP contribution in [0, 0.1) is 12.8 Å². The zero-order valence-electron chi connectivity index (χ0n) is 18.0. The van der Waals surface area contributed by atoms with Gasteiger partial charge in [0.15, 0.2) is 5.11 Å². The molecule has 1 saturated heterocycles. The summed E-state index contributed by atoms with van der Waals surface area (Å²) < 4.78 is 5.04. The number of rotatable bonds is 6. The first kappa shape index (κ1) is 22.1. The minimum absolute atomic E-state index is 0.310. The Morgan fingerprint density at radius 3 is 2.67 bits per heavy atom. The van der Waals surface area contributed by atoms with E-state index in [-0.39, 0.29) is 5.97 Å². The van der Waals surface area contributed by atoms with Crippen molar-refractivity contribution in [2.24, 2.45) is 5.92 Å². The van der Waals surface area contributed by atoms with E-state index in [1.54, 1.807) is 13.0 Å². The molecule has 0 unspecified atom stereocenters. The monoisotopic (exact) mass is 425 g/mol. The third kappa shape index (κ3) is 5.95. The first-order valence-corrected chi connectivity index (χ1v) is 11.0. The van der Waals surface area contributed by atoms with Gasteiger partial charge in [0.2, 0.25) is 0 Å². The molecule has 0 radical (unpaired) electrons. The Morgan fingerprint density at radius 1 is 1.23 bits per heavy atom. The molecule has 0 aliphatic carbocycles. The van der Waals surface area contributed by atoms with Crippen molar-refractivity contribution in [2.75, 3.05) is 29.9 Å². The first-order chi connectivity index (χ1) is 14.5. The maximum Gasteiger partial charge on any atom is 0.338 e. The van der Waals surface area contributed by atoms with Crippen LogP contribution in [0.5, 0.6) is 0 Å². The number of esters is 1. The third-order valence-corrected chi connectivity index (χ3v) is 5.64. The Balaban J connectivity index is 1.51. The van der Waals surface area contributed by atoms with Gasteiger partial charge in [-0.2, -0.15) is 0 Å². The number of carbonyl (C=O) groups is 1. The largest absolute Gasteiger partial charge is 0.462 e. The summed E-state index contributed by atoms with van der Waals surface area (Å²) in [6, 6.07) is 14.1. The molecule has 0 bridgehead atoms. The van der Waals surface area contributed by atoms with Crippen LogP contribution in [0.1, 0.15) is 48.2 Å². The summed E-state index contributed by atoms with van der Waals surface area (Å²) in [5.41, 5.74) is 4.83. The van der Waals surface area contributed by atoms with E-state index in [9.17, 15) is 4.79 Å². The molecule has 3 rings (SSSR count). The lowest BCUT2D eigenvalue weighted by Crippen LogP contribution is -2.34. The van der Waals surface area contributed by atoms with Gasteiger partial charge < -0.3 is 20.3 Å². The van der Waals surface area contributed by atoms with Crippen molar-refractivity contribution in [3.05, 3.63) is 59.2 Å². The zero-order chi connectivity index (χ0) is 21.5. The fraction of sp³-hybridized carbons (Fsp3) is 0.417. The molecule has 1 aliphatic rings. The molecule has 2 N–H and O–H groups in total. The minimum atomic E-state index is -0.310. The molecule has 6 heteroatoms. The number of hydrogen-bond acceptors (Lipinski definition) is 4. The van der Waals surface area contributed by atoms with E-state index in [4.69, 9.17) is 17.0 Å². The van der Waals surface area contributed by atoms with Crippen LogP contribution in [0.15, 0.2) is 42.5 Å². The number of thiocarbonyl (C=S) groups is 1. The standard InChI is InChI=1S/C24H31N3O2S/c1-4-29-23(28)20-9-12-22(18(3)14-20)26-24(30)25-15-19-7-10-21(11-8-19)27-13-5-6-17(2)16-27/h7-12,14,17H,4-6,13,15-16H2,1-3H3,(H2,25,26,30)/t17-/m1/s1. The van der Waals surface area contributed by atoms with Crippen LogP contribution in [0.4, 0.5) is 11.4 Å². The number of anilines is 2. The van der Waals surface area contributed by atoms with E-state index < -0.39 is 0 Å². The molecule has 0 amide bonds. The zero-order valence-corrected chi connectivity index (χ0v) is 18.8. The van der Waals surface area contributed by atoms with Crippen molar-refractivity contribution in [3.63, 3.8) is 0 Å². The maximum atomic E-state index is 11.8. The number of aryl methyl sites for hydroxylation is 1. The molecule has 0 saturated carbocycles. The number of piperidine rings is 1. The minimum Gasteiger partial charge on any atom is -0.462 e. The fourth-order valence-electron chi connectivity index (χ4n) is 3.74. The van der Waals surface area contributed by atoms with Gasteiger partial charge in [0.1, 0.15) is 0 Å². The topological polar surface area (TPSA) is 53.6 Å². The van der Waals surface area contributed by atoms with Gasteiger partial charge in [-0.1, -0.05) is 19.1 Å². The summed E-state index contributed by atoms with van der Waals surface area (Å²) in [6.45, 7) is 9.36. The van der Waals surface area contributed by atoms with E-state index in [2.05, 4.69) is 46.7 Å². The lowest BCUT2D eigenvalue weighted by Gasteiger charge is -2.32. The number of benzene rings is 2. The Kier molecular flexibility index (Phi) is 7.69. The van der Waals surface area contributed by atoms with Gasteiger partial charge in [0.25, 0.3) is 0 Å². The van der Waals surface area contributed by atoms with Gasteiger partial charge in [-0.05, 0) is 86.3 Å². The van der Waals surface area contributed by atoms with Crippen LogP contribution < -0.4 is 15.5 Å². The van der Waals surface area contributed by atoms with Gasteiger partial charge in [0.05, 0.1) is 12.2 Å².